The number of nitrogens with zero attached hydrogens (tertiary/aromatic N) is 3. The first-order valence-electron chi connectivity index (χ1n) is 9.92. The lowest BCUT2D eigenvalue weighted by atomic mass is 9.93. The molecule has 31 heavy (non-hydrogen) atoms. The largest absolute Gasteiger partial charge is 0.489 e. The van der Waals surface area contributed by atoms with Crippen LogP contribution in [0.25, 0.3) is 0 Å². The fourth-order valence-corrected chi connectivity index (χ4v) is 3.72. The Morgan fingerprint density at radius 2 is 2.06 bits per heavy atom. The fraction of sp³-hybridized carbons (Fsp3) is 0.304. The van der Waals surface area contributed by atoms with Crippen molar-refractivity contribution < 1.29 is 18.3 Å². The number of hydrogen-bond acceptors (Lipinski definition) is 5. The molecule has 2 atom stereocenters. The van der Waals surface area contributed by atoms with E-state index < -0.39 is 18.0 Å². The smallest absolute Gasteiger partial charge is 0.229 e. The predicted octanol–water partition coefficient (Wildman–Crippen LogP) is 4.07. The van der Waals surface area contributed by atoms with Crippen LogP contribution in [0, 0.1) is 25.6 Å². The molecular weight excluding hydrogens is 402 g/mol. The standard InChI is InChI=1S/C23H22F2N4O2/c1-14-20(12-26-15(2)28-14)31-13-23(17-4-3-5-18(25)8-17)9-19(23)22(30)29-21-7-6-16(10-24)11-27-21/h3-8,11-12,19H,9-10,13H2,1-2H3,(H,27,29,30)/t19-,23+/m0/s1. The minimum Gasteiger partial charge on any atom is -0.489 e. The Labute approximate surface area is 178 Å². The molecule has 3 aromatic rings. The molecule has 0 spiro atoms. The van der Waals surface area contributed by atoms with Gasteiger partial charge in [0, 0.05) is 17.2 Å². The lowest BCUT2D eigenvalue weighted by Gasteiger charge is -2.19. The lowest BCUT2D eigenvalue weighted by Crippen LogP contribution is -2.27. The molecule has 1 aliphatic carbocycles. The van der Waals surface area contributed by atoms with Crippen LogP contribution in [0.1, 0.15) is 29.1 Å². The minimum atomic E-state index is -0.678. The van der Waals surface area contributed by atoms with Crippen LogP contribution in [-0.2, 0) is 16.9 Å². The number of rotatable bonds is 7. The van der Waals surface area contributed by atoms with Crippen LogP contribution in [0.15, 0.2) is 48.8 Å². The summed E-state index contributed by atoms with van der Waals surface area (Å²) in [6.45, 7) is 3.17. The summed E-state index contributed by atoms with van der Waals surface area (Å²) in [5.41, 5.74) is 1.14. The van der Waals surface area contributed by atoms with E-state index in [1.54, 1.807) is 37.4 Å². The zero-order valence-electron chi connectivity index (χ0n) is 17.2. The van der Waals surface area contributed by atoms with Gasteiger partial charge in [-0.2, -0.15) is 0 Å². The number of ether oxygens (including phenoxy) is 1. The Balaban J connectivity index is 1.55. The second-order valence-electron chi connectivity index (χ2n) is 7.75. The molecule has 4 rings (SSSR count). The molecule has 1 aromatic carbocycles. The predicted molar refractivity (Wildman–Crippen MR) is 111 cm³/mol. The van der Waals surface area contributed by atoms with Gasteiger partial charge in [-0.3, -0.25) is 4.79 Å². The lowest BCUT2D eigenvalue weighted by molar-refractivity contribution is -0.117. The molecule has 160 valence electrons. The van der Waals surface area contributed by atoms with Gasteiger partial charge in [0.05, 0.1) is 24.4 Å². The number of benzene rings is 1. The van der Waals surface area contributed by atoms with Gasteiger partial charge in [-0.15, -0.1) is 0 Å². The van der Waals surface area contributed by atoms with Crippen molar-refractivity contribution >= 4 is 11.7 Å². The van der Waals surface area contributed by atoms with E-state index in [-0.39, 0.29) is 18.3 Å². The number of carbonyl (C=O) groups is 1. The highest BCUT2D eigenvalue weighted by Crippen LogP contribution is 2.55. The quantitative estimate of drug-likeness (QED) is 0.619. The zero-order valence-corrected chi connectivity index (χ0v) is 17.2. The number of nitrogens with one attached hydrogen (secondary N) is 1. The summed E-state index contributed by atoms with van der Waals surface area (Å²) < 4.78 is 32.6. The third-order valence-electron chi connectivity index (χ3n) is 5.56. The Kier molecular flexibility index (Phi) is 5.63. The van der Waals surface area contributed by atoms with E-state index in [1.807, 2.05) is 6.92 Å². The molecule has 8 heteroatoms. The summed E-state index contributed by atoms with van der Waals surface area (Å²) in [6.07, 6.45) is 3.48. The number of alkyl halides is 1. The molecule has 0 bridgehead atoms. The molecule has 1 fully saturated rings. The van der Waals surface area contributed by atoms with Crippen molar-refractivity contribution in [1.29, 1.82) is 0 Å². The first-order valence-corrected chi connectivity index (χ1v) is 9.92. The van der Waals surface area contributed by atoms with Gasteiger partial charge in [-0.25, -0.2) is 23.7 Å². The van der Waals surface area contributed by atoms with Crippen molar-refractivity contribution in [3.05, 3.63) is 77.3 Å². The van der Waals surface area contributed by atoms with Crippen molar-refractivity contribution in [3.8, 4) is 5.75 Å². The van der Waals surface area contributed by atoms with Gasteiger partial charge in [0.15, 0.2) is 5.75 Å². The van der Waals surface area contributed by atoms with Crippen molar-refractivity contribution in [2.75, 3.05) is 11.9 Å². The molecule has 1 amide bonds. The third-order valence-corrected chi connectivity index (χ3v) is 5.56. The maximum atomic E-state index is 13.9. The van der Waals surface area contributed by atoms with E-state index in [9.17, 15) is 13.6 Å². The SMILES string of the molecule is Cc1ncc(OC[C@@]2(c3cccc(F)c3)C[C@H]2C(=O)Nc2ccc(CF)cn2)c(C)n1. The van der Waals surface area contributed by atoms with Gasteiger partial charge in [0.1, 0.15) is 24.1 Å². The van der Waals surface area contributed by atoms with Crippen molar-refractivity contribution in [1.82, 2.24) is 15.0 Å². The normalized spacial score (nSPS) is 19.7. The highest BCUT2D eigenvalue weighted by Gasteiger charge is 2.60. The summed E-state index contributed by atoms with van der Waals surface area (Å²) in [6, 6.07) is 9.35. The van der Waals surface area contributed by atoms with Crippen LogP contribution >= 0.6 is 0 Å². The molecule has 2 heterocycles. The maximum Gasteiger partial charge on any atom is 0.229 e. The van der Waals surface area contributed by atoms with Gasteiger partial charge in [0.2, 0.25) is 5.91 Å². The minimum absolute atomic E-state index is 0.177. The van der Waals surface area contributed by atoms with E-state index in [1.165, 1.54) is 18.3 Å². The molecule has 0 unspecified atom stereocenters. The number of aryl methyl sites for hydroxylation is 2. The Hall–Kier alpha value is -3.42. The Bertz CT molecular complexity index is 1110. The van der Waals surface area contributed by atoms with E-state index in [4.69, 9.17) is 4.74 Å². The third kappa shape index (κ3) is 4.38. The Morgan fingerprint density at radius 1 is 1.23 bits per heavy atom. The van der Waals surface area contributed by atoms with Crippen LogP contribution in [0.3, 0.4) is 0 Å². The monoisotopic (exact) mass is 424 g/mol. The van der Waals surface area contributed by atoms with Gasteiger partial charge in [0.25, 0.3) is 0 Å². The average Bonchev–Trinajstić information content (AvgIpc) is 3.50. The van der Waals surface area contributed by atoms with Crippen LogP contribution in [0.2, 0.25) is 0 Å². The van der Waals surface area contributed by atoms with E-state index in [2.05, 4.69) is 20.3 Å². The van der Waals surface area contributed by atoms with Crippen LogP contribution < -0.4 is 10.1 Å². The van der Waals surface area contributed by atoms with Crippen molar-refractivity contribution in [2.45, 2.75) is 32.4 Å². The van der Waals surface area contributed by atoms with Gasteiger partial charge < -0.3 is 10.1 Å². The number of halogens is 2. The maximum absolute atomic E-state index is 13.9. The van der Waals surface area contributed by atoms with Crippen LogP contribution in [0.4, 0.5) is 14.6 Å². The second-order valence-corrected chi connectivity index (χ2v) is 7.75. The van der Waals surface area contributed by atoms with E-state index in [0.29, 0.717) is 40.6 Å². The van der Waals surface area contributed by atoms with Crippen LogP contribution in [0.5, 0.6) is 5.75 Å². The van der Waals surface area contributed by atoms with Crippen molar-refractivity contribution in [3.63, 3.8) is 0 Å². The molecule has 0 aliphatic heterocycles. The van der Waals surface area contributed by atoms with Gasteiger partial charge >= 0.3 is 0 Å². The number of amides is 1. The topological polar surface area (TPSA) is 77.0 Å². The first-order chi connectivity index (χ1) is 14.9. The summed E-state index contributed by atoms with van der Waals surface area (Å²) in [5, 5.41) is 2.76. The molecule has 0 saturated heterocycles. The zero-order chi connectivity index (χ0) is 22.0. The highest BCUT2D eigenvalue weighted by molar-refractivity contribution is 5.95. The number of carbonyl (C=O) groups excluding carboxylic acids is 1. The van der Waals surface area contributed by atoms with Crippen molar-refractivity contribution in [2.24, 2.45) is 5.92 Å². The number of aromatic nitrogens is 3. The molecule has 1 aliphatic rings. The highest BCUT2D eigenvalue weighted by atomic mass is 19.1. The fourth-order valence-electron chi connectivity index (χ4n) is 3.72. The summed E-state index contributed by atoms with van der Waals surface area (Å²) in [7, 11) is 0. The number of anilines is 1. The van der Waals surface area contributed by atoms with Gasteiger partial charge in [-0.1, -0.05) is 18.2 Å². The second kappa shape index (κ2) is 8.37. The molecule has 6 nitrogen and oxygen atoms in total. The van der Waals surface area contributed by atoms with Gasteiger partial charge in [-0.05, 0) is 44.0 Å². The van der Waals surface area contributed by atoms with E-state index >= 15 is 0 Å². The molecule has 1 saturated carbocycles. The molecule has 2 aromatic heterocycles. The summed E-state index contributed by atoms with van der Waals surface area (Å²) in [4.78, 5) is 25.5. The molecule has 0 radical (unpaired) electrons. The summed E-state index contributed by atoms with van der Waals surface area (Å²) in [5.74, 6) is 0.455. The first kappa shape index (κ1) is 20.8. The Morgan fingerprint density at radius 3 is 2.74 bits per heavy atom. The van der Waals surface area contributed by atoms with E-state index in [0.717, 1.165) is 0 Å². The number of pyridine rings is 1. The average molecular weight is 424 g/mol. The molecular formula is C23H22F2N4O2. The number of hydrogen-bond donors (Lipinski definition) is 1. The van der Waals surface area contributed by atoms with Crippen LogP contribution in [-0.4, -0.2) is 27.5 Å². The summed E-state index contributed by atoms with van der Waals surface area (Å²) >= 11 is 0. The molecule has 1 N–H and O–H groups in total.